The number of aromatic nitrogens is 4. The summed E-state index contributed by atoms with van der Waals surface area (Å²) in [6, 6.07) is 24.3. The van der Waals surface area contributed by atoms with Gasteiger partial charge in [-0.25, -0.2) is 0 Å². The molecule has 35 heavy (non-hydrogen) atoms. The molecular weight excluding hydrogens is 487 g/mol. The van der Waals surface area contributed by atoms with Gasteiger partial charge >= 0.3 is 16.8 Å². The fraction of sp³-hybridized carbons (Fsp3) is 0. The molecule has 0 saturated heterocycles. The molecule has 4 heterocycles. The largest absolute Gasteiger partial charge is 2.00 e. The van der Waals surface area contributed by atoms with E-state index in [1.54, 1.807) is 24.8 Å². The van der Waals surface area contributed by atoms with Gasteiger partial charge in [-0.15, -0.1) is 0 Å². The maximum atomic E-state index is 6.75. The van der Waals surface area contributed by atoms with Gasteiger partial charge in [0, 0.05) is 46.3 Å². The van der Waals surface area contributed by atoms with Crippen molar-refractivity contribution >= 4 is 43.6 Å². The quantitative estimate of drug-likeness (QED) is 0.0917. The van der Waals surface area contributed by atoms with Crippen molar-refractivity contribution in [2.24, 2.45) is 0 Å². The second-order valence-corrected chi connectivity index (χ2v) is 6.61. The smallest absolute Gasteiger partial charge is 0.373 e. The van der Waals surface area contributed by atoms with E-state index < -0.39 is 0 Å². The molecule has 0 aliphatic carbocycles. The van der Waals surface area contributed by atoms with Crippen molar-refractivity contribution in [3.05, 3.63) is 130 Å². The number of benzene rings is 2. The molecule has 10 nitrogen and oxygen atoms in total. The summed E-state index contributed by atoms with van der Waals surface area (Å²) in [7, 11) is 0. The van der Waals surface area contributed by atoms with E-state index in [0.717, 1.165) is 43.6 Å². The molecule has 0 spiro atoms. The van der Waals surface area contributed by atoms with Crippen LogP contribution in [0.15, 0.2) is 97.6 Å². The molecule has 1 radical (unpaired) electrons. The van der Waals surface area contributed by atoms with Crippen molar-refractivity contribution < 1.29 is 16.8 Å². The molecule has 0 aliphatic heterocycles. The van der Waals surface area contributed by atoms with E-state index in [-0.39, 0.29) is 16.8 Å². The normalized spacial score (nSPS) is 9.14. The molecule has 0 saturated carbocycles. The van der Waals surface area contributed by atoms with E-state index in [1.165, 1.54) is 9.82 Å². The molecule has 4 aromatic heterocycles. The minimum absolute atomic E-state index is 0. The second kappa shape index (κ2) is 13.7. The first-order chi connectivity index (χ1) is 16.7. The summed E-state index contributed by atoms with van der Waals surface area (Å²) in [5.41, 5.74) is 30.9. The van der Waals surface area contributed by atoms with Gasteiger partial charge in [-0.2, -0.15) is 0 Å². The molecule has 0 atom stereocenters. The fourth-order valence-electron chi connectivity index (χ4n) is 3.36. The fourth-order valence-corrected chi connectivity index (χ4v) is 3.36. The van der Waals surface area contributed by atoms with Crippen molar-refractivity contribution in [1.82, 2.24) is 19.9 Å². The number of nitrogens with zero attached hydrogens (tertiary/aromatic N) is 10. The number of fused-ring (bicyclic) bond motifs is 6. The topological polar surface area (TPSA) is 169 Å². The van der Waals surface area contributed by atoms with Crippen molar-refractivity contribution in [2.45, 2.75) is 0 Å². The molecule has 0 aliphatic rings. The third kappa shape index (κ3) is 6.61. The summed E-state index contributed by atoms with van der Waals surface area (Å²) in [6.07, 6.45) is 7.21. The van der Waals surface area contributed by atoms with Crippen LogP contribution in [-0.2, 0) is 16.8 Å². The van der Waals surface area contributed by atoms with Crippen LogP contribution in [0.2, 0.25) is 0 Å². The minimum Gasteiger partial charge on any atom is -0.373 e. The SMILES string of the molecule is [Co+2].[N-]=[N+]=[N-].[N-]=[N+]=[N-].c1cnc2c(c1)ccc1cccnc12.c1cnc2c(c1)ccc1cccnc12. The average molecular weight is 503 g/mol. The van der Waals surface area contributed by atoms with Crippen LogP contribution in [0, 0.1) is 0 Å². The Kier molecular flexibility index (Phi) is 10.3. The van der Waals surface area contributed by atoms with Crippen LogP contribution >= 0.6 is 0 Å². The third-order valence-corrected chi connectivity index (χ3v) is 4.69. The van der Waals surface area contributed by atoms with E-state index in [2.05, 4.69) is 68.5 Å². The van der Waals surface area contributed by atoms with Crippen molar-refractivity contribution in [1.29, 1.82) is 0 Å². The van der Waals surface area contributed by atoms with Gasteiger partial charge in [0.2, 0.25) is 0 Å². The maximum absolute atomic E-state index is 6.75. The number of hydrogen-bond donors (Lipinski definition) is 0. The zero-order valence-corrected chi connectivity index (χ0v) is 19.1. The van der Waals surface area contributed by atoms with Crippen LogP contribution in [0.3, 0.4) is 0 Å². The predicted molar refractivity (Wildman–Crippen MR) is 134 cm³/mol. The van der Waals surface area contributed by atoms with E-state index >= 15 is 0 Å². The van der Waals surface area contributed by atoms with Gasteiger partial charge in [0.1, 0.15) is 0 Å². The third-order valence-electron chi connectivity index (χ3n) is 4.69. The van der Waals surface area contributed by atoms with Crippen LogP contribution in [0.5, 0.6) is 0 Å². The molecule has 6 rings (SSSR count). The van der Waals surface area contributed by atoms with Crippen molar-refractivity contribution in [3.63, 3.8) is 0 Å². The molecule has 0 unspecified atom stereocenters. The Labute approximate surface area is 209 Å². The summed E-state index contributed by atoms with van der Waals surface area (Å²) in [5, 5.41) is 4.55. The van der Waals surface area contributed by atoms with E-state index in [1.807, 2.05) is 24.3 Å². The Hall–Kier alpha value is -4.79. The molecule has 2 aromatic carbocycles. The van der Waals surface area contributed by atoms with Crippen LogP contribution in [0.4, 0.5) is 0 Å². The monoisotopic (exact) mass is 503 g/mol. The standard InChI is InChI=1S/2C12H8N2.Co.2N3/c2*1-3-9-5-6-10-4-2-8-14-12(10)11(9)13-7-1;;2*1-3-2/h2*1-8H;;;/q;;+2;2*-1. The minimum atomic E-state index is 0. The molecule has 6 aromatic rings. The van der Waals surface area contributed by atoms with Gasteiger partial charge in [0.25, 0.3) is 0 Å². The van der Waals surface area contributed by atoms with Crippen LogP contribution in [-0.4, -0.2) is 19.9 Å². The average Bonchev–Trinajstić information content (AvgIpc) is 2.90. The first-order valence-electron chi connectivity index (χ1n) is 9.87. The summed E-state index contributed by atoms with van der Waals surface area (Å²) < 4.78 is 0. The zero-order chi connectivity index (χ0) is 24.2. The zero-order valence-electron chi connectivity index (χ0n) is 18.0. The summed E-state index contributed by atoms with van der Waals surface area (Å²) >= 11 is 0. The molecule has 0 N–H and O–H groups in total. The van der Waals surface area contributed by atoms with E-state index in [4.69, 9.17) is 22.1 Å². The molecule has 0 fully saturated rings. The first kappa shape index (κ1) is 26.5. The summed E-state index contributed by atoms with van der Waals surface area (Å²) in [4.78, 5) is 20.4. The summed E-state index contributed by atoms with van der Waals surface area (Å²) in [6.45, 7) is 0. The Bertz CT molecular complexity index is 1390. The van der Waals surface area contributed by atoms with Crippen molar-refractivity contribution in [2.75, 3.05) is 0 Å². The molecular formula is C24H16CoN10. The number of pyridine rings is 4. The molecule has 0 bridgehead atoms. The molecule has 0 amide bonds. The first-order valence-corrected chi connectivity index (χ1v) is 9.87. The van der Waals surface area contributed by atoms with E-state index in [0.29, 0.717) is 0 Å². The van der Waals surface area contributed by atoms with Gasteiger partial charge in [-0.1, -0.05) is 48.5 Å². The number of hydrogen-bond acceptors (Lipinski definition) is 4. The molecule has 11 heteroatoms. The maximum Gasteiger partial charge on any atom is 2.00 e. The van der Waals surface area contributed by atoms with Gasteiger partial charge in [0.05, 0.1) is 22.1 Å². The predicted octanol–water partition coefficient (Wildman–Crippen LogP) is 7.30. The van der Waals surface area contributed by atoms with Crippen LogP contribution in [0.1, 0.15) is 0 Å². The summed E-state index contributed by atoms with van der Waals surface area (Å²) in [5.74, 6) is 0. The Morgan fingerprint density at radius 3 is 0.800 bits per heavy atom. The Morgan fingerprint density at radius 2 is 0.600 bits per heavy atom. The van der Waals surface area contributed by atoms with E-state index in [9.17, 15) is 0 Å². The van der Waals surface area contributed by atoms with Gasteiger partial charge in [-0.05, 0) is 24.3 Å². The van der Waals surface area contributed by atoms with Gasteiger partial charge in [-0.3, -0.25) is 29.8 Å². The van der Waals surface area contributed by atoms with Gasteiger partial charge in [0.15, 0.2) is 0 Å². The van der Waals surface area contributed by atoms with Crippen LogP contribution in [0.25, 0.3) is 75.6 Å². The van der Waals surface area contributed by atoms with Gasteiger partial charge < -0.3 is 22.1 Å². The Balaban J connectivity index is 0.000000198. The Morgan fingerprint density at radius 1 is 0.400 bits per heavy atom. The van der Waals surface area contributed by atoms with Crippen molar-refractivity contribution in [3.8, 4) is 0 Å². The molecule has 171 valence electrons. The second-order valence-electron chi connectivity index (χ2n) is 6.61. The van der Waals surface area contributed by atoms with Crippen LogP contribution < -0.4 is 0 Å². The number of rotatable bonds is 0.